The normalized spacial score (nSPS) is 15.1. The predicted octanol–water partition coefficient (Wildman–Crippen LogP) is 4.12. The molecule has 26 heavy (non-hydrogen) atoms. The number of piperidine rings is 1. The number of carbonyl (C=O) groups excluding carboxylic acids is 1. The molecule has 1 aliphatic heterocycles. The van der Waals surface area contributed by atoms with Crippen molar-refractivity contribution < 1.29 is 4.79 Å². The predicted molar refractivity (Wildman–Crippen MR) is 107 cm³/mol. The fourth-order valence-electron chi connectivity index (χ4n) is 3.06. The highest BCUT2D eigenvalue weighted by Crippen LogP contribution is 2.25. The van der Waals surface area contributed by atoms with Crippen LogP contribution < -0.4 is 5.32 Å². The van der Waals surface area contributed by atoms with Crippen LogP contribution in [0.1, 0.15) is 61.1 Å². The van der Waals surface area contributed by atoms with Gasteiger partial charge < -0.3 is 10.2 Å². The molecule has 0 atom stereocenters. The maximum Gasteiger partial charge on any atom is 0.257 e. The van der Waals surface area contributed by atoms with Gasteiger partial charge >= 0.3 is 0 Å². The summed E-state index contributed by atoms with van der Waals surface area (Å²) in [5, 5.41) is 6.62. The van der Waals surface area contributed by atoms with E-state index in [0.717, 1.165) is 43.1 Å². The standard InChI is InChI=1S/C20H28N4OS/c1-20(2,3)19-23-15(14-26-19)9-11-22-17-16(8-7-10-21-17)18(25)24-12-5-4-6-13-24/h7-8,10,14H,4-6,9,11-13H2,1-3H3,(H,21,22). The Kier molecular flexibility index (Phi) is 5.91. The maximum absolute atomic E-state index is 12.8. The summed E-state index contributed by atoms with van der Waals surface area (Å²) >= 11 is 1.71. The number of pyridine rings is 1. The molecule has 2 aromatic rings. The van der Waals surface area contributed by atoms with Crippen molar-refractivity contribution in [3.8, 4) is 0 Å². The van der Waals surface area contributed by atoms with E-state index < -0.39 is 0 Å². The highest BCUT2D eigenvalue weighted by molar-refractivity contribution is 7.09. The van der Waals surface area contributed by atoms with Crippen LogP contribution in [0.25, 0.3) is 0 Å². The second-order valence-electron chi connectivity index (χ2n) is 7.82. The number of carbonyl (C=O) groups is 1. The number of nitrogens with one attached hydrogen (secondary N) is 1. The summed E-state index contributed by atoms with van der Waals surface area (Å²) < 4.78 is 0. The van der Waals surface area contributed by atoms with Gasteiger partial charge in [-0.05, 0) is 31.4 Å². The second-order valence-corrected chi connectivity index (χ2v) is 8.68. The third kappa shape index (κ3) is 4.61. The Morgan fingerprint density at radius 2 is 2.04 bits per heavy atom. The molecule has 1 N–H and O–H groups in total. The number of anilines is 1. The lowest BCUT2D eigenvalue weighted by molar-refractivity contribution is 0.0725. The minimum Gasteiger partial charge on any atom is -0.369 e. The fourth-order valence-corrected chi connectivity index (χ4v) is 4.00. The molecule has 3 rings (SSSR count). The molecule has 0 saturated carbocycles. The molecule has 2 aromatic heterocycles. The van der Waals surface area contributed by atoms with Crippen molar-refractivity contribution >= 4 is 23.1 Å². The summed E-state index contributed by atoms with van der Waals surface area (Å²) in [6.07, 6.45) is 5.95. The van der Waals surface area contributed by atoms with Crippen LogP contribution >= 0.6 is 11.3 Å². The third-order valence-corrected chi connectivity index (χ3v) is 5.87. The molecule has 1 amide bonds. The SMILES string of the molecule is CC(C)(C)c1nc(CCNc2ncccc2C(=O)N2CCCCC2)cs1. The minimum absolute atomic E-state index is 0.0870. The van der Waals surface area contributed by atoms with Crippen molar-refractivity contribution in [1.82, 2.24) is 14.9 Å². The Bertz CT molecular complexity index is 744. The number of nitrogens with zero attached hydrogens (tertiary/aromatic N) is 3. The summed E-state index contributed by atoms with van der Waals surface area (Å²) in [6.45, 7) is 8.95. The molecule has 0 unspecified atom stereocenters. The van der Waals surface area contributed by atoms with Crippen LogP contribution in [0.2, 0.25) is 0 Å². The first-order valence-electron chi connectivity index (χ1n) is 9.38. The van der Waals surface area contributed by atoms with Gasteiger partial charge in [0, 0.05) is 43.0 Å². The van der Waals surface area contributed by atoms with Crippen molar-refractivity contribution in [3.63, 3.8) is 0 Å². The third-order valence-electron chi connectivity index (χ3n) is 4.55. The van der Waals surface area contributed by atoms with Crippen molar-refractivity contribution in [2.45, 2.75) is 51.9 Å². The zero-order valence-electron chi connectivity index (χ0n) is 15.9. The quantitative estimate of drug-likeness (QED) is 0.858. The molecule has 0 aliphatic carbocycles. The van der Waals surface area contributed by atoms with Crippen LogP contribution in [-0.2, 0) is 11.8 Å². The molecule has 0 radical (unpaired) electrons. The molecule has 5 nitrogen and oxygen atoms in total. The van der Waals surface area contributed by atoms with Gasteiger partial charge in [0.2, 0.25) is 0 Å². The largest absolute Gasteiger partial charge is 0.369 e. The molecule has 3 heterocycles. The average molecular weight is 373 g/mol. The molecule has 140 valence electrons. The van der Waals surface area contributed by atoms with Crippen molar-refractivity contribution in [2.24, 2.45) is 0 Å². The topological polar surface area (TPSA) is 58.1 Å². The van der Waals surface area contributed by atoms with Gasteiger partial charge in [0.1, 0.15) is 5.82 Å². The highest BCUT2D eigenvalue weighted by Gasteiger charge is 2.21. The van der Waals surface area contributed by atoms with E-state index in [2.05, 4.69) is 36.5 Å². The van der Waals surface area contributed by atoms with E-state index in [1.807, 2.05) is 17.0 Å². The van der Waals surface area contributed by atoms with Gasteiger partial charge in [-0.15, -0.1) is 11.3 Å². The summed E-state index contributed by atoms with van der Waals surface area (Å²) in [7, 11) is 0. The van der Waals surface area contributed by atoms with Gasteiger partial charge in [-0.25, -0.2) is 9.97 Å². The molecule has 1 saturated heterocycles. The number of aromatic nitrogens is 2. The molecule has 0 aromatic carbocycles. The number of rotatable bonds is 5. The van der Waals surface area contributed by atoms with Crippen LogP contribution in [0, 0.1) is 0 Å². The zero-order valence-corrected chi connectivity index (χ0v) is 16.7. The minimum atomic E-state index is 0.0870. The number of thiazole rings is 1. The van der Waals surface area contributed by atoms with E-state index in [1.54, 1.807) is 17.5 Å². The average Bonchev–Trinajstić information content (AvgIpc) is 3.12. The fraction of sp³-hybridized carbons (Fsp3) is 0.550. The Morgan fingerprint density at radius 3 is 2.73 bits per heavy atom. The van der Waals surface area contributed by atoms with Gasteiger partial charge in [0.15, 0.2) is 0 Å². The first-order valence-corrected chi connectivity index (χ1v) is 10.3. The van der Waals surface area contributed by atoms with Crippen LogP contribution in [0.5, 0.6) is 0 Å². The summed E-state index contributed by atoms with van der Waals surface area (Å²) in [6, 6.07) is 3.70. The number of amides is 1. The van der Waals surface area contributed by atoms with Gasteiger partial charge in [-0.1, -0.05) is 20.8 Å². The molecule has 1 aliphatic rings. The molecule has 6 heteroatoms. The van der Waals surface area contributed by atoms with Gasteiger partial charge in [-0.3, -0.25) is 4.79 Å². The molecule has 0 bridgehead atoms. The molecular weight excluding hydrogens is 344 g/mol. The van der Waals surface area contributed by atoms with Gasteiger partial charge in [-0.2, -0.15) is 0 Å². The van der Waals surface area contributed by atoms with E-state index in [-0.39, 0.29) is 11.3 Å². The van der Waals surface area contributed by atoms with Crippen LogP contribution in [0.3, 0.4) is 0 Å². The van der Waals surface area contributed by atoms with Crippen molar-refractivity contribution in [3.05, 3.63) is 40.0 Å². The summed E-state index contributed by atoms with van der Waals surface area (Å²) in [5.41, 5.74) is 1.85. The van der Waals surface area contributed by atoms with Crippen LogP contribution in [0.4, 0.5) is 5.82 Å². The molecular formula is C20H28N4OS. The first-order chi connectivity index (χ1) is 12.4. The highest BCUT2D eigenvalue weighted by atomic mass is 32.1. The van der Waals surface area contributed by atoms with E-state index in [1.165, 1.54) is 6.42 Å². The van der Waals surface area contributed by atoms with Gasteiger partial charge in [0.05, 0.1) is 16.3 Å². The lowest BCUT2D eigenvalue weighted by atomic mass is 9.98. The lowest BCUT2D eigenvalue weighted by Gasteiger charge is -2.27. The number of hydrogen-bond acceptors (Lipinski definition) is 5. The van der Waals surface area contributed by atoms with Crippen LogP contribution in [0.15, 0.2) is 23.7 Å². The lowest BCUT2D eigenvalue weighted by Crippen LogP contribution is -2.36. The smallest absolute Gasteiger partial charge is 0.257 e. The Morgan fingerprint density at radius 1 is 1.27 bits per heavy atom. The maximum atomic E-state index is 12.8. The zero-order chi connectivity index (χ0) is 18.6. The first kappa shape index (κ1) is 18.8. The summed E-state index contributed by atoms with van der Waals surface area (Å²) in [5.74, 6) is 0.762. The molecule has 0 spiro atoms. The van der Waals surface area contributed by atoms with Crippen molar-refractivity contribution in [2.75, 3.05) is 25.0 Å². The molecule has 1 fully saturated rings. The van der Waals surface area contributed by atoms with E-state index in [9.17, 15) is 4.79 Å². The van der Waals surface area contributed by atoms with E-state index >= 15 is 0 Å². The number of likely N-dealkylation sites (tertiary alicyclic amines) is 1. The Hall–Kier alpha value is -1.95. The Balaban J connectivity index is 1.61. The van der Waals surface area contributed by atoms with Crippen molar-refractivity contribution in [1.29, 1.82) is 0 Å². The summed E-state index contributed by atoms with van der Waals surface area (Å²) in [4.78, 5) is 23.9. The van der Waals surface area contributed by atoms with Gasteiger partial charge in [0.25, 0.3) is 5.91 Å². The monoisotopic (exact) mass is 372 g/mol. The van der Waals surface area contributed by atoms with E-state index in [4.69, 9.17) is 4.98 Å². The van der Waals surface area contributed by atoms with Crippen LogP contribution in [-0.4, -0.2) is 40.4 Å². The van der Waals surface area contributed by atoms with E-state index in [0.29, 0.717) is 17.9 Å². The Labute approximate surface area is 159 Å². The second kappa shape index (κ2) is 8.16. The number of hydrogen-bond donors (Lipinski definition) is 1.